The van der Waals surface area contributed by atoms with Crippen molar-refractivity contribution < 1.29 is 63.5 Å². The van der Waals surface area contributed by atoms with Crippen LogP contribution in [0.3, 0.4) is 0 Å². The van der Waals surface area contributed by atoms with Gasteiger partial charge in [0.1, 0.15) is 6.10 Å². The van der Waals surface area contributed by atoms with E-state index in [-0.39, 0.29) is 36.4 Å². The van der Waals surface area contributed by atoms with E-state index in [1.807, 2.05) is 20.8 Å². The van der Waals surface area contributed by atoms with Gasteiger partial charge in [0.2, 0.25) is 18.1 Å². The van der Waals surface area contributed by atoms with E-state index in [0.29, 0.717) is 11.3 Å². The molecule has 2 unspecified atom stereocenters. The number of Topliss-reactive ketones (excluding diaryl/α,β-unsaturated/α-hetero) is 4. The number of fused-ring (bicyclic) bond motifs is 3. The first-order valence-electron chi connectivity index (χ1n) is 17.2. The number of aliphatic hydroxyl groups is 3. The third-order valence-corrected chi connectivity index (χ3v) is 10.5. The highest BCUT2D eigenvalue weighted by molar-refractivity contribution is 6.32. The van der Waals surface area contributed by atoms with Crippen molar-refractivity contribution in [2.75, 3.05) is 45.0 Å². The summed E-state index contributed by atoms with van der Waals surface area (Å²) in [6.45, 7) is 5.32. The standard InChI is InChI=1S/C35H47N5O13/c1-34(2,3)37-12-19(42)38-16-10-17(39(4)5)14-8-13-9-15-24(40(6)7)27(45)23(32(36)48)31(47)35(15,51)30(46)21(13)26(44)22(14)28(16)52-20-11-18(41)25(43)29(53-20)33(49)50/h10,13,15,18,20-21,23-25,29,37,41,43,51H,8-9,11-12H2,1-7H3,(H2,36,48)(H,38,42)(H,49,50)/t13-,15-,18+,20+,21?,23?,24+,25-,29-,35-/m0/s1. The van der Waals surface area contributed by atoms with Crippen LogP contribution >= 0.6 is 0 Å². The van der Waals surface area contributed by atoms with Crippen LogP contribution in [0.4, 0.5) is 11.4 Å². The van der Waals surface area contributed by atoms with Crippen molar-refractivity contribution in [3.05, 3.63) is 17.2 Å². The summed E-state index contributed by atoms with van der Waals surface area (Å²) in [7, 11) is 6.34. The molecule has 290 valence electrons. The van der Waals surface area contributed by atoms with Gasteiger partial charge in [-0.1, -0.05) is 0 Å². The molecule has 1 saturated heterocycles. The lowest BCUT2D eigenvalue weighted by atomic mass is 9.52. The molecule has 3 aliphatic carbocycles. The first-order valence-corrected chi connectivity index (χ1v) is 17.2. The molecule has 53 heavy (non-hydrogen) atoms. The summed E-state index contributed by atoms with van der Waals surface area (Å²) in [5.74, 6) is -14.2. The Morgan fingerprint density at radius 2 is 1.70 bits per heavy atom. The van der Waals surface area contributed by atoms with E-state index in [0.717, 1.165) is 0 Å². The molecule has 1 aromatic rings. The highest BCUT2D eigenvalue weighted by Gasteiger charge is 2.69. The van der Waals surface area contributed by atoms with Crippen LogP contribution in [-0.2, 0) is 39.9 Å². The number of aliphatic carboxylic acids is 1. The highest BCUT2D eigenvalue weighted by atomic mass is 16.7. The molecular weight excluding hydrogens is 698 g/mol. The van der Waals surface area contributed by atoms with Gasteiger partial charge >= 0.3 is 5.97 Å². The van der Waals surface area contributed by atoms with Crippen LogP contribution in [0, 0.1) is 23.7 Å². The van der Waals surface area contributed by atoms with E-state index in [1.165, 1.54) is 25.1 Å². The second-order valence-electron chi connectivity index (χ2n) is 15.7. The number of amides is 2. The number of nitrogens with two attached hydrogens (primary N) is 1. The molecule has 1 heterocycles. The molecule has 2 saturated carbocycles. The summed E-state index contributed by atoms with van der Waals surface area (Å²) in [6, 6.07) is 0.254. The van der Waals surface area contributed by atoms with Gasteiger partial charge in [0.05, 0.1) is 35.9 Å². The third kappa shape index (κ3) is 6.94. The minimum absolute atomic E-state index is 0.0138. The number of nitrogens with one attached hydrogen (secondary N) is 2. The Kier molecular flexibility index (Phi) is 10.6. The maximum Gasteiger partial charge on any atom is 0.335 e. The number of carboxylic acids is 1. The lowest BCUT2D eigenvalue weighted by Gasteiger charge is -2.52. The number of ketones is 4. The van der Waals surface area contributed by atoms with E-state index in [1.54, 1.807) is 19.0 Å². The van der Waals surface area contributed by atoms with Gasteiger partial charge in [-0.05, 0) is 65.3 Å². The minimum Gasteiger partial charge on any atom is -0.479 e. The largest absolute Gasteiger partial charge is 0.479 e. The monoisotopic (exact) mass is 745 g/mol. The van der Waals surface area contributed by atoms with Crippen molar-refractivity contribution in [1.82, 2.24) is 10.2 Å². The second-order valence-corrected chi connectivity index (χ2v) is 15.7. The van der Waals surface area contributed by atoms with Crippen molar-refractivity contribution in [3.8, 4) is 5.75 Å². The van der Waals surface area contributed by atoms with Crippen molar-refractivity contribution in [3.63, 3.8) is 0 Å². The zero-order valence-electron chi connectivity index (χ0n) is 30.5. The number of carbonyl (C=O) groups is 7. The van der Waals surface area contributed by atoms with Gasteiger partial charge in [-0.25, -0.2) is 4.79 Å². The van der Waals surface area contributed by atoms with Crippen LogP contribution in [-0.4, -0.2) is 143 Å². The van der Waals surface area contributed by atoms with Crippen LogP contribution in [0.25, 0.3) is 0 Å². The lowest BCUT2D eigenvalue weighted by Crippen LogP contribution is -2.74. The Labute approximate surface area is 304 Å². The number of hydrogen-bond acceptors (Lipinski definition) is 15. The summed E-state index contributed by atoms with van der Waals surface area (Å²) in [6.07, 6.45) is -7.58. The van der Waals surface area contributed by atoms with Crippen molar-refractivity contribution in [2.24, 2.45) is 29.4 Å². The topological polar surface area (TPSA) is 275 Å². The normalized spacial score (nSPS) is 32.8. The van der Waals surface area contributed by atoms with Gasteiger partial charge < -0.3 is 51.2 Å². The number of carboxylic acid groups (broad SMARTS) is 1. The number of rotatable bonds is 9. The summed E-state index contributed by atoms with van der Waals surface area (Å²) < 4.78 is 11.6. The molecule has 1 aliphatic heterocycles. The highest BCUT2D eigenvalue weighted by Crippen LogP contribution is 2.53. The van der Waals surface area contributed by atoms with Crippen molar-refractivity contribution >= 4 is 52.3 Å². The molecule has 18 nitrogen and oxygen atoms in total. The molecule has 3 fully saturated rings. The van der Waals surface area contributed by atoms with Gasteiger partial charge in [0.15, 0.2) is 46.5 Å². The van der Waals surface area contributed by atoms with Gasteiger partial charge in [-0.2, -0.15) is 0 Å². The molecular formula is C35H47N5O13. The van der Waals surface area contributed by atoms with E-state index >= 15 is 0 Å². The number of primary amides is 1. The van der Waals surface area contributed by atoms with Crippen LogP contribution in [0.15, 0.2) is 6.07 Å². The predicted molar refractivity (Wildman–Crippen MR) is 184 cm³/mol. The molecule has 2 amide bonds. The van der Waals surface area contributed by atoms with Gasteiger partial charge in [0.25, 0.3) is 0 Å². The zero-order chi connectivity index (χ0) is 39.6. The fourth-order valence-corrected chi connectivity index (χ4v) is 8.04. The summed E-state index contributed by atoms with van der Waals surface area (Å²) in [5, 5.41) is 48.2. The van der Waals surface area contributed by atoms with Crippen LogP contribution in [0.2, 0.25) is 0 Å². The van der Waals surface area contributed by atoms with E-state index < -0.39 is 113 Å². The van der Waals surface area contributed by atoms with E-state index in [9.17, 15) is 54.0 Å². The van der Waals surface area contributed by atoms with Gasteiger partial charge in [-0.15, -0.1) is 0 Å². The molecule has 0 aromatic heterocycles. The van der Waals surface area contributed by atoms with E-state index in [2.05, 4.69) is 10.6 Å². The van der Waals surface area contributed by atoms with Crippen LogP contribution < -0.4 is 26.0 Å². The number of nitrogens with zero attached hydrogens (tertiary/aromatic N) is 2. The lowest BCUT2D eigenvalue weighted by molar-refractivity contribution is -0.228. The zero-order valence-corrected chi connectivity index (χ0v) is 30.5. The van der Waals surface area contributed by atoms with Crippen LogP contribution in [0.5, 0.6) is 5.75 Å². The number of benzene rings is 1. The molecule has 0 spiro atoms. The number of anilines is 2. The smallest absolute Gasteiger partial charge is 0.335 e. The molecule has 1 aromatic carbocycles. The Bertz CT molecular complexity index is 1760. The molecule has 8 N–H and O–H groups in total. The molecule has 5 rings (SSSR count). The molecule has 18 heteroatoms. The number of likely N-dealkylation sites (N-methyl/N-ethyl adjacent to an activating group) is 1. The van der Waals surface area contributed by atoms with Gasteiger partial charge in [-0.3, -0.25) is 33.7 Å². The molecule has 10 atom stereocenters. The van der Waals surface area contributed by atoms with Crippen LogP contribution in [0.1, 0.15) is 49.5 Å². The summed E-state index contributed by atoms with van der Waals surface area (Å²) >= 11 is 0. The average Bonchev–Trinajstić information content (AvgIpc) is 3.03. The number of ether oxygens (including phenoxy) is 2. The SMILES string of the molecule is CN(C)c1cc(NC(=O)CNC(C)(C)C)c(O[C@H]2C[C@@H](O)[C@H](O)[C@@H](C(=O)O)O2)c2c1C[C@H]1C[C@H]3[C@@H](N(C)C)C(=O)C(C(N)=O)C(=O)[C@@]3(O)C(=O)C1C2=O. The maximum atomic E-state index is 14.8. The Morgan fingerprint density at radius 3 is 2.25 bits per heavy atom. The van der Waals surface area contributed by atoms with Crippen molar-refractivity contribution in [2.45, 2.75) is 81.8 Å². The number of hydrogen-bond donors (Lipinski definition) is 7. The fraction of sp³-hybridized carbons (Fsp3) is 0.629. The Hall–Kier alpha value is -4.33. The summed E-state index contributed by atoms with van der Waals surface area (Å²) in [4.78, 5) is 97.1. The number of aliphatic hydroxyl groups excluding tert-OH is 2. The maximum absolute atomic E-state index is 14.8. The van der Waals surface area contributed by atoms with E-state index in [4.69, 9.17) is 15.2 Å². The first-order chi connectivity index (χ1) is 24.5. The molecule has 0 radical (unpaired) electrons. The minimum atomic E-state index is -2.94. The Balaban J connectivity index is 1.67. The number of carbonyl (C=O) groups excluding carboxylic acids is 6. The fourth-order valence-electron chi connectivity index (χ4n) is 8.04. The molecule has 4 aliphatic rings. The summed E-state index contributed by atoms with van der Waals surface area (Å²) in [5.41, 5.74) is 2.47. The molecule has 0 bridgehead atoms. The first kappa shape index (κ1) is 39.9. The second kappa shape index (κ2) is 14.1. The third-order valence-electron chi connectivity index (χ3n) is 10.5. The predicted octanol–water partition coefficient (Wildman–Crippen LogP) is -2.15. The van der Waals surface area contributed by atoms with Crippen molar-refractivity contribution in [1.29, 1.82) is 0 Å². The quantitative estimate of drug-likeness (QED) is 0.133. The van der Waals surface area contributed by atoms with Gasteiger partial charge in [0, 0.05) is 37.7 Å². The Morgan fingerprint density at radius 1 is 1.06 bits per heavy atom. The average molecular weight is 746 g/mol.